The highest BCUT2D eigenvalue weighted by atomic mass is 16.5. The fourth-order valence-electron chi connectivity index (χ4n) is 3.75. The van der Waals surface area contributed by atoms with Crippen LogP contribution in [-0.2, 0) is 0 Å². The summed E-state index contributed by atoms with van der Waals surface area (Å²) in [4.78, 5) is 4.50. The number of hydrogen-bond donors (Lipinski definition) is 2. The van der Waals surface area contributed by atoms with E-state index in [4.69, 9.17) is 9.47 Å². The molecule has 0 aliphatic carbocycles. The number of likely N-dealkylation sites (N-methyl/N-ethyl adjacent to an activating group) is 1. The third-order valence-electron chi connectivity index (χ3n) is 5.40. The molecule has 0 aromatic heterocycles. The van der Waals surface area contributed by atoms with E-state index in [1.54, 1.807) is 12.1 Å². The summed E-state index contributed by atoms with van der Waals surface area (Å²) in [5, 5.41) is 20.6. The summed E-state index contributed by atoms with van der Waals surface area (Å²) < 4.78 is 11.2. The van der Waals surface area contributed by atoms with E-state index in [9.17, 15) is 10.2 Å². The van der Waals surface area contributed by atoms with E-state index in [1.165, 1.54) is 0 Å². The fourth-order valence-corrected chi connectivity index (χ4v) is 3.75. The van der Waals surface area contributed by atoms with E-state index in [0.29, 0.717) is 24.9 Å². The number of hydrogen-bond acceptors (Lipinski definition) is 6. The van der Waals surface area contributed by atoms with Gasteiger partial charge in [0, 0.05) is 25.2 Å². The van der Waals surface area contributed by atoms with Crippen molar-refractivity contribution in [2.45, 2.75) is 31.1 Å². The Morgan fingerprint density at radius 1 is 1.00 bits per heavy atom. The molecule has 2 N–H and O–H groups in total. The molecule has 0 bridgehead atoms. The van der Waals surface area contributed by atoms with E-state index in [0.717, 1.165) is 31.7 Å². The topological polar surface area (TPSA) is 65.4 Å². The second kappa shape index (κ2) is 11.8. The first-order chi connectivity index (χ1) is 14.6. The quantitative estimate of drug-likeness (QED) is 0.587. The second-order valence-electron chi connectivity index (χ2n) is 7.88. The average molecular weight is 413 g/mol. The van der Waals surface area contributed by atoms with E-state index in [1.807, 2.05) is 36.4 Å². The summed E-state index contributed by atoms with van der Waals surface area (Å²) in [7, 11) is 2.06. The summed E-state index contributed by atoms with van der Waals surface area (Å²) in [6, 6.07) is 20.9. The van der Waals surface area contributed by atoms with Crippen LogP contribution in [0.4, 0.5) is 0 Å². The molecule has 1 aliphatic rings. The van der Waals surface area contributed by atoms with Crippen molar-refractivity contribution in [3.05, 3.63) is 60.7 Å². The number of aliphatic hydroxyl groups excluding tert-OH is 2. The molecule has 0 spiro atoms. The van der Waals surface area contributed by atoms with Gasteiger partial charge in [0.25, 0.3) is 0 Å². The van der Waals surface area contributed by atoms with Gasteiger partial charge in [-0.2, -0.15) is 0 Å². The Hall–Kier alpha value is -2.30. The molecule has 1 fully saturated rings. The third kappa shape index (κ3) is 7.51. The van der Waals surface area contributed by atoms with Crippen LogP contribution in [0.25, 0.3) is 0 Å². The molecule has 2 unspecified atom stereocenters. The molecule has 0 radical (unpaired) electrons. The molecule has 6 nitrogen and oxygen atoms in total. The van der Waals surface area contributed by atoms with Crippen molar-refractivity contribution < 1.29 is 19.7 Å². The van der Waals surface area contributed by atoms with Crippen molar-refractivity contribution >= 4 is 0 Å². The normalized spacial score (nSPS) is 17.3. The minimum Gasteiger partial charge on any atom is -0.491 e. The molecule has 0 amide bonds. The molecule has 2 aromatic carbocycles. The molecule has 1 heterocycles. The zero-order valence-corrected chi connectivity index (χ0v) is 17.6. The summed E-state index contributed by atoms with van der Waals surface area (Å²) >= 11 is 0. The molecule has 6 heteroatoms. The van der Waals surface area contributed by atoms with Crippen molar-refractivity contribution in [2.75, 3.05) is 46.4 Å². The van der Waals surface area contributed by atoms with Crippen LogP contribution >= 0.6 is 0 Å². The van der Waals surface area contributed by atoms with Crippen molar-refractivity contribution in [2.24, 2.45) is 0 Å². The van der Waals surface area contributed by atoms with Crippen LogP contribution in [0.15, 0.2) is 48.5 Å². The molecular formula is C24H32N2O4. The number of piperidine rings is 1. The number of aliphatic hydroxyl groups is 2. The molecule has 1 aliphatic heterocycles. The minimum atomic E-state index is -0.528. The fraction of sp³-hybridized carbons (Fsp3) is 0.500. The van der Waals surface area contributed by atoms with Crippen molar-refractivity contribution in [3.63, 3.8) is 0 Å². The van der Waals surface area contributed by atoms with Crippen molar-refractivity contribution in [3.8, 4) is 11.5 Å². The molecule has 3 rings (SSSR count). The maximum absolute atomic E-state index is 10.3. The van der Waals surface area contributed by atoms with Gasteiger partial charge >= 0.3 is 0 Å². The SMILES string of the molecule is CN(CC(O)COc1ccccc1)C1CCN(CC(O)COc2cc#ccc2)CC1. The first kappa shape index (κ1) is 22.4. The Morgan fingerprint density at radius 2 is 1.70 bits per heavy atom. The number of benzene rings is 1. The summed E-state index contributed by atoms with van der Waals surface area (Å²) in [5.74, 6) is 1.47. The summed E-state index contributed by atoms with van der Waals surface area (Å²) in [6.45, 7) is 3.60. The smallest absolute Gasteiger partial charge is 0.128 e. The Bertz CT molecular complexity index is 708. The first-order valence-electron chi connectivity index (χ1n) is 10.6. The van der Waals surface area contributed by atoms with Crippen LogP contribution < -0.4 is 9.47 Å². The minimum absolute atomic E-state index is 0.269. The van der Waals surface area contributed by atoms with Crippen LogP contribution in [0.3, 0.4) is 0 Å². The van der Waals surface area contributed by atoms with Gasteiger partial charge in [0.05, 0.1) is 0 Å². The van der Waals surface area contributed by atoms with Crippen molar-refractivity contribution in [1.82, 2.24) is 9.80 Å². The lowest BCUT2D eigenvalue weighted by Crippen LogP contribution is -2.48. The van der Waals surface area contributed by atoms with Gasteiger partial charge in [-0.3, -0.25) is 0 Å². The zero-order valence-electron chi connectivity index (χ0n) is 17.6. The van der Waals surface area contributed by atoms with Crippen LogP contribution in [0.1, 0.15) is 12.8 Å². The van der Waals surface area contributed by atoms with Crippen molar-refractivity contribution in [1.29, 1.82) is 0 Å². The highest BCUT2D eigenvalue weighted by Gasteiger charge is 2.25. The summed E-state index contributed by atoms with van der Waals surface area (Å²) in [6.07, 6.45) is 0.972. The highest BCUT2D eigenvalue weighted by Crippen LogP contribution is 2.17. The van der Waals surface area contributed by atoms with E-state index >= 15 is 0 Å². The molecule has 2 aromatic rings. The maximum atomic E-state index is 10.3. The van der Waals surface area contributed by atoms with E-state index in [-0.39, 0.29) is 13.2 Å². The lowest BCUT2D eigenvalue weighted by molar-refractivity contribution is 0.0300. The molecule has 162 valence electrons. The number of para-hydroxylation sites is 1. The monoisotopic (exact) mass is 412 g/mol. The van der Waals surface area contributed by atoms with Gasteiger partial charge in [-0.05, 0) is 57.2 Å². The van der Waals surface area contributed by atoms with Gasteiger partial charge < -0.3 is 29.5 Å². The zero-order chi connectivity index (χ0) is 21.2. The van der Waals surface area contributed by atoms with Gasteiger partial charge in [0.15, 0.2) is 0 Å². The standard InChI is InChI=1S/C24H32N2O4/c1-25(16-21(27)18-29-23-8-4-2-5-9-23)20-12-14-26(15-13-20)17-22(28)19-30-24-10-6-3-7-11-24/h2,4-6,8-11,20-22,27-28H,12-19H2,1H3. The Balaban J connectivity index is 1.31. The van der Waals surface area contributed by atoms with Gasteiger partial charge in [-0.15, -0.1) is 0 Å². The molecule has 30 heavy (non-hydrogen) atoms. The predicted octanol–water partition coefficient (Wildman–Crippen LogP) is 1.86. The van der Waals surface area contributed by atoms with Crippen LogP contribution in [0, 0.1) is 12.1 Å². The van der Waals surface area contributed by atoms with Gasteiger partial charge in [0.2, 0.25) is 0 Å². The van der Waals surface area contributed by atoms with Gasteiger partial charge in [-0.25, -0.2) is 0 Å². The van der Waals surface area contributed by atoms with Crippen LogP contribution in [0.2, 0.25) is 0 Å². The third-order valence-corrected chi connectivity index (χ3v) is 5.40. The van der Waals surface area contributed by atoms with Crippen LogP contribution in [-0.4, -0.2) is 84.7 Å². The second-order valence-corrected chi connectivity index (χ2v) is 7.88. The maximum Gasteiger partial charge on any atom is 0.128 e. The number of rotatable bonds is 11. The Kier molecular flexibility index (Phi) is 8.79. The lowest BCUT2D eigenvalue weighted by Gasteiger charge is -2.38. The lowest BCUT2D eigenvalue weighted by atomic mass is 10.0. The van der Waals surface area contributed by atoms with Gasteiger partial charge in [0.1, 0.15) is 36.9 Å². The number of likely N-dealkylation sites (tertiary alicyclic amines) is 1. The highest BCUT2D eigenvalue weighted by molar-refractivity contribution is 5.21. The number of β-amino-alcohol motifs (C(OH)–C–C–N with tert-alkyl or cyclic N) is 1. The Labute approximate surface area is 179 Å². The predicted molar refractivity (Wildman–Crippen MR) is 116 cm³/mol. The van der Waals surface area contributed by atoms with E-state index in [2.05, 4.69) is 29.0 Å². The molecular weight excluding hydrogens is 380 g/mol. The number of ether oxygens (including phenoxy) is 2. The summed E-state index contributed by atoms with van der Waals surface area (Å²) in [5.41, 5.74) is 0. The Morgan fingerprint density at radius 3 is 2.40 bits per heavy atom. The molecule has 0 saturated carbocycles. The molecule has 2 atom stereocenters. The van der Waals surface area contributed by atoms with Gasteiger partial charge in [-0.1, -0.05) is 30.3 Å². The number of nitrogens with zero attached hydrogens (tertiary/aromatic N) is 2. The average Bonchev–Trinajstić information content (AvgIpc) is 2.78. The first-order valence-corrected chi connectivity index (χ1v) is 10.6. The molecule has 1 saturated heterocycles. The van der Waals surface area contributed by atoms with E-state index < -0.39 is 12.2 Å². The largest absolute Gasteiger partial charge is 0.491 e. The van der Waals surface area contributed by atoms with Crippen LogP contribution in [0.5, 0.6) is 11.5 Å².